The molecular formula is C13H20N2O2. The Hall–Kier alpha value is -1.55. The second kappa shape index (κ2) is 6.91. The van der Waals surface area contributed by atoms with Crippen molar-refractivity contribution in [3.05, 3.63) is 29.8 Å². The van der Waals surface area contributed by atoms with Gasteiger partial charge in [0.1, 0.15) is 5.75 Å². The number of nitrogens with two attached hydrogens (primary N) is 1. The highest BCUT2D eigenvalue weighted by Gasteiger charge is 2.07. The van der Waals surface area contributed by atoms with Crippen molar-refractivity contribution in [2.24, 2.45) is 5.73 Å². The minimum Gasteiger partial charge on any atom is -0.508 e. The molecule has 0 fully saturated rings. The lowest BCUT2D eigenvalue weighted by Gasteiger charge is -2.13. The quantitative estimate of drug-likeness (QED) is 0.694. The van der Waals surface area contributed by atoms with E-state index in [9.17, 15) is 9.90 Å². The second-order valence-electron chi connectivity index (χ2n) is 4.25. The van der Waals surface area contributed by atoms with E-state index >= 15 is 0 Å². The van der Waals surface area contributed by atoms with Crippen LogP contribution >= 0.6 is 0 Å². The molecular weight excluding hydrogens is 216 g/mol. The number of carbonyl (C=O) groups excluding carboxylic acids is 1. The van der Waals surface area contributed by atoms with Crippen molar-refractivity contribution in [1.82, 2.24) is 5.32 Å². The minimum absolute atomic E-state index is 0.0277. The number of aromatic hydroxyl groups is 1. The minimum atomic E-state index is -0.0277. The molecule has 0 aliphatic heterocycles. The molecule has 0 bridgehead atoms. The summed E-state index contributed by atoms with van der Waals surface area (Å²) in [7, 11) is 0. The smallest absolute Gasteiger partial charge is 0.224 e. The summed E-state index contributed by atoms with van der Waals surface area (Å²) in [5.41, 5.74) is 6.22. The van der Waals surface area contributed by atoms with Crippen LogP contribution in [0.5, 0.6) is 5.75 Å². The fraction of sp³-hybridized carbons (Fsp3) is 0.462. The zero-order valence-corrected chi connectivity index (χ0v) is 10.1. The first-order valence-electron chi connectivity index (χ1n) is 5.89. The first-order valence-corrected chi connectivity index (χ1v) is 5.89. The van der Waals surface area contributed by atoms with Crippen molar-refractivity contribution in [1.29, 1.82) is 0 Å². The summed E-state index contributed by atoms with van der Waals surface area (Å²) in [5, 5.41) is 12.2. The summed E-state index contributed by atoms with van der Waals surface area (Å²) in [4.78, 5) is 11.7. The predicted octanol–water partition coefficient (Wildman–Crippen LogP) is 1.18. The summed E-state index contributed by atoms with van der Waals surface area (Å²) < 4.78 is 0. The van der Waals surface area contributed by atoms with Crippen molar-refractivity contribution in [2.45, 2.75) is 32.2 Å². The van der Waals surface area contributed by atoms with Gasteiger partial charge >= 0.3 is 0 Å². The van der Waals surface area contributed by atoms with E-state index in [-0.39, 0.29) is 17.7 Å². The molecule has 0 aliphatic rings. The molecule has 1 atom stereocenters. The highest BCUT2D eigenvalue weighted by atomic mass is 16.3. The number of nitrogens with one attached hydrogen (secondary N) is 1. The average molecular weight is 236 g/mol. The van der Waals surface area contributed by atoms with Gasteiger partial charge in [0.05, 0.1) is 6.42 Å². The summed E-state index contributed by atoms with van der Waals surface area (Å²) >= 11 is 0. The molecule has 0 saturated heterocycles. The Kier molecular flexibility index (Phi) is 5.49. The van der Waals surface area contributed by atoms with E-state index in [1.54, 1.807) is 18.2 Å². The Balaban J connectivity index is 2.39. The Morgan fingerprint density at radius 2 is 2.29 bits per heavy atom. The van der Waals surface area contributed by atoms with Crippen molar-refractivity contribution >= 4 is 5.91 Å². The molecule has 17 heavy (non-hydrogen) atoms. The summed E-state index contributed by atoms with van der Waals surface area (Å²) in [6, 6.07) is 6.89. The average Bonchev–Trinajstić information content (AvgIpc) is 2.26. The zero-order chi connectivity index (χ0) is 12.7. The number of phenolic OH excluding ortho intramolecular Hbond substituents is 1. The van der Waals surface area contributed by atoms with Gasteiger partial charge in [-0.2, -0.15) is 0 Å². The van der Waals surface area contributed by atoms with E-state index in [1.807, 2.05) is 13.0 Å². The number of hydrogen-bond acceptors (Lipinski definition) is 3. The molecule has 1 unspecified atom stereocenters. The summed E-state index contributed by atoms with van der Waals surface area (Å²) in [5.74, 6) is 0.159. The molecule has 0 spiro atoms. The molecule has 4 N–H and O–H groups in total. The van der Waals surface area contributed by atoms with E-state index in [4.69, 9.17) is 5.73 Å². The third kappa shape index (κ3) is 5.36. The molecule has 1 aromatic carbocycles. The molecule has 1 amide bonds. The standard InChI is InChI=1S/C13H20N2O2/c1-10(4-3-7-14)15-13(17)9-11-5-2-6-12(16)8-11/h2,5-6,8,10,16H,3-4,7,9,14H2,1H3,(H,15,17). The van der Waals surface area contributed by atoms with Gasteiger partial charge in [0, 0.05) is 6.04 Å². The first kappa shape index (κ1) is 13.5. The topological polar surface area (TPSA) is 75.3 Å². The van der Waals surface area contributed by atoms with Crippen molar-refractivity contribution in [2.75, 3.05) is 6.54 Å². The van der Waals surface area contributed by atoms with Gasteiger partial charge in [0.15, 0.2) is 0 Å². The van der Waals surface area contributed by atoms with Crippen LogP contribution in [-0.4, -0.2) is 23.6 Å². The first-order chi connectivity index (χ1) is 8.11. The van der Waals surface area contributed by atoms with Gasteiger partial charge < -0.3 is 16.2 Å². The Labute approximate surface area is 102 Å². The van der Waals surface area contributed by atoms with Crippen molar-refractivity contribution in [3.63, 3.8) is 0 Å². The van der Waals surface area contributed by atoms with Crippen LogP contribution in [0.2, 0.25) is 0 Å². The highest BCUT2D eigenvalue weighted by Crippen LogP contribution is 2.11. The maximum absolute atomic E-state index is 11.7. The fourth-order valence-corrected chi connectivity index (χ4v) is 1.67. The number of benzene rings is 1. The molecule has 0 aromatic heterocycles. The van der Waals surface area contributed by atoms with Crippen LogP contribution in [0.3, 0.4) is 0 Å². The largest absolute Gasteiger partial charge is 0.508 e. The van der Waals surface area contributed by atoms with E-state index < -0.39 is 0 Å². The lowest BCUT2D eigenvalue weighted by atomic mass is 10.1. The molecule has 0 heterocycles. The Morgan fingerprint density at radius 3 is 2.94 bits per heavy atom. The zero-order valence-electron chi connectivity index (χ0n) is 10.1. The lowest BCUT2D eigenvalue weighted by Crippen LogP contribution is -2.34. The van der Waals surface area contributed by atoms with E-state index in [2.05, 4.69) is 5.32 Å². The summed E-state index contributed by atoms with van der Waals surface area (Å²) in [6.45, 7) is 2.61. The van der Waals surface area contributed by atoms with Gasteiger partial charge in [0.25, 0.3) is 0 Å². The Bertz CT molecular complexity index is 366. The lowest BCUT2D eigenvalue weighted by molar-refractivity contribution is -0.121. The normalized spacial score (nSPS) is 12.1. The molecule has 4 nitrogen and oxygen atoms in total. The number of rotatable bonds is 6. The van der Waals surface area contributed by atoms with E-state index in [0.29, 0.717) is 13.0 Å². The molecule has 0 radical (unpaired) electrons. The van der Waals surface area contributed by atoms with Gasteiger partial charge in [-0.3, -0.25) is 4.79 Å². The molecule has 1 rings (SSSR count). The van der Waals surface area contributed by atoms with Gasteiger partial charge in [0.2, 0.25) is 5.91 Å². The monoisotopic (exact) mass is 236 g/mol. The summed E-state index contributed by atoms with van der Waals surface area (Å²) in [6.07, 6.45) is 2.09. The fourth-order valence-electron chi connectivity index (χ4n) is 1.67. The van der Waals surface area contributed by atoms with Crippen molar-refractivity contribution < 1.29 is 9.90 Å². The predicted molar refractivity (Wildman–Crippen MR) is 67.7 cm³/mol. The molecule has 4 heteroatoms. The van der Waals surface area contributed by atoms with Gasteiger partial charge in [-0.05, 0) is 44.0 Å². The maximum Gasteiger partial charge on any atom is 0.224 e. The van der Waals surface area contributed by atoms with Gasteiger partial charge in [-0.25, -0.2) is 0 Å². The maximum atomic E-state index is 11.7. The van der Waals surface area contributed by atoms with Gasteiger partial charge in [-0.15, -0.1) is 0 Å². The van der Waals surface area contributed by atoms with Crippen LogP contribution in [0, 0.1) is 0 Å². The van der Waals surface area contributed by atoms with Crippen molar-refractivity contribution in [3.8, 4) is 5.75 Å². The second-order valence-corrected chi connectivity index (χ2v) is 4.25. The third-order valence-corrected chi connectivity index (χ3v) is 2.52. The highest BCUT2D eigenvalue weighted by molar-refractivity contribution is 5.78. The van der Waals surface area contributed by atoms with Crippen LogP contribution in [-0.2, 0) is 11.2 Å². The number of carbonyl (C=O) groups is 1. The van der Waals surface area contributed by atoms with Crippen LogP contribution in [0.4, 0.5) is 0 Å². The van der Waals surface area contributed by atoms with Crippen LogP contribution in [0.25, 0.3) is 0 Å². The number of amides is 1. The molecule has 1 aromatic rings. The van der Waals surface area contributed by atoms with Crippen LogP contribution in [0.15, 0.2) is 24.3 Å². The SMILES string of the molecule is CC(CCCN)NC(=O)Cc1cccc(O)c1. The number of hydrogen-bond donors (Lipinski definition) is 3. The van der Waals surface area contributed by atoms with Crippen LogP contribution in [0.1, 0.15) is 25.3 Å². The van der Waals surface area contributed by atoms with Gasteiger partial charge in [-0.1, -0.05) is 12.1 Å². The molecule has 94 valence electrons. The van der Waals surface area contributed by atoms with E-state index in [1.165, 1.54) is 0 Å². The molecule has 0 aliphatic carbocycles. The third-order valence-electron chi connectivity index (χ3n) is 2.52. The number of phenols is 1. The van der Waals surface area contributed by atoms with E-state index in [0.717, 1.165) is 18.4 Å². The Morgan fingerprint density at radius 1 is 1.53 bits per heavy atom. The van der Waals surface area contributed by atoms with Crippen LogP contribution < -0.4 is 11.1 Å². The molecule has 0 saturated carbocycles.